The number of carbonyl (C=O) groups is 1. The van der Waals surface area contributed by atoms with Crippen LogP contribution in [-0.2, 0) is 4.79 Å². The smallest absolute Gasteiger partial charge is 0.225 e. The van der Waals surface area contributed by atoms with Crippen LogP contribution in [0.25, 0.3) is 0 Å². The predicted octanol–water partition coefficient (Wildman–Crippen LogP) is 0.853. The van der Waals surface area contributed by atoms with E-state index in [-0.39, 0.29) is 5.92 Å². The molecule has 4 nitrogen and oxygen atoms in total. The normalized spacial score (nSPS) is 19.1. The molecule has 1 unspecified atom stereocenters. The van der Waals surface area contributed by atoms with Crippen molar-refractivity contribution in [3.8, 4) is 0 Å². The third-order valence-electron chi connectivity index (χ3n) is 3.21. The Balaban J connectivity index is 2.35. The van der Waals surface area contributed by atoms with Gasteiger partial charge in [0.05, 0.1) is 4.99 Å². The maximum absolute atomic E-state index is 12.1. The molecule has 0 saturated carbocycles. The number of amides is 1. The van der Waals surface area contributed by atoms with Crippen LogP contribution in [0.3, 0.4) is 0 Å². The highest BCUT2D eigenvalue weighted by atomic mass is 32.1. The second kappa shape index (κ2) is 6.91. The molecular formula is C12H23N3OS. The Morgan fingerprint density at radius 1 is 1.35 bits per heavy atom. The van der Waals surface area contributed by atoms with Gasteiger partial charge in [0.25, 0.3) is 0 Å². The van der Waals surface area contributed by atoms with Crippen LogP contribution in [0, 0.1) is 5.92 Å². The van der Waals surface area contributed by atoms with Crippen molar-refractivity contribution in [1.29, 1.82) is 0 Å². The molecule has 17 heavy (non-hydrogen) atoms. The van der Waals surface area contributed by atoms with Gasteiger partial charge in [0, 0.05) is 38.6 Å². The quantitative estimate of drug-likeness (QED) is 0.742. The van der Waals surface area contributed by atoms with Crippen LogP contribution >= 0.6 is 12.2 Å². The standard InChI is InChI=1S/C12H23N3OS/c1-3-4-10(2)12(16)15-7-5-14(6-8-15)9-11(13)17/h10H,3-9H2,1-2H3,(H2,13,17). The molecule has 1 heterocycles. The van der Waals surface area contributed by atoms with Crippen molar-refractivity contribution in [2.24, 2.45) is 11.7 Å². The molecule has 0 aromatic heterocycles. The van der Waals surface area contributed by atoms with E-state index in [0.29, 0.717) is 17.4 Å². The molecule has 1 fully saturated rings. The maximum atomic E-state index is 12.1. The maximum Gasteiger partial charge on any atom is 0.225 e. The van der Waals surface area contributed by atoms with E-state index in [2.05, 4.69) is 11.8 Å². The van der Waals surface area contributed by atoms with Gasteiger partial charge in [-0.2, -0.15) is 0 Å². The van der Waals surface area contributed by atoms with Crippen molar-refractivity contribution in [2.45, 2.75) is 26.7 Å². The number of thiocarbonyl (C=S) groups is 1. The van der Waals surface area contributed by atoms with Gasteiger partial charge in [-0.1, -0.05) is 32.5 Å². The number of nitrogens with two attached hydrogens (primary N) is 1. The van der Waals surface area contributed by atoms with Crippen LogP contribution < -0.4 is 5.73 Å². The largest absolute Gasteiger partial charge is 0.392 e. The van der Waals surface area contributed by atoms with Crippen molar-refractivity contribution in [3.05, 3.63) is 0 Å². The molecule has 0 spiro atoms. The zero-order chi connectivity index (χ0) is 12.8. The Bertz CT molecular complexity index is 275. The van der Waals surface area contributed by atoms with Crippen LogP contribution in [0.15, 0.2) is 0 Å². The van der Waals surface area contributed by atoms with Crippen molar-refractivity contribution in [3.63, 3.8) is 0 Å². The second-order valence-electron chi connectivity index (χ2n) is 4.76. The molecule has 98 valence electrons. The Morgan fingerprint density at radius 3 is 2.41 bits per heavy atom. The SMILES string of the molecule is CCCC(C)C(=O)N1CCN(CC(N)=S)CC1. The van der Waals surface area contributed by atoms with Crippen molar-refractivity contribution in [2.75, 3.05) is 32.7 Å². The minimum absolute atomic E-state index is 0.155. The van der Waals surface area contributed by atoms with Gasteiger partial charge in [-0.05, 0) is 6.42 Å². The molecule has 1 atom stereocenters. The molecule has 1 amide bonds. The lowest BCUT2D eigenvalue weighted by atomic mass is 10.0. The Kier molecular flexibility index (Phi) is 5.85. The highest BCUT2D eigenvalue weighted by Crippen LogP contribution is 2.11. The van der Waals surface area contributed by atoms with Gasteiger partial charge in [-0.15, -0.1) is 0 Å². The van der Waals surface area contributed by atoms with E-state index in [1.165, 1.54) is 0 Å². The Hall–Kier alpha value is -0.680. The molecule has 1 aliphatic rings. The van der Waals surface area contributed by atoms with Crippen LogP contribution in [0.5, 0.6) is 0 Å². The van der Waals surface area contributed by atoms with Crippen molar-refractivity contribution in [1.82, 2.24) is 9.80 Å². The topological polar surface area (TPSA) is 49.6 Å². The number of hydrogen-bond donors (Lipinski definition) is 1. The number of carbonyl (C=O) groups excluding carboxylic acids is 1. The fourth-order valence-corrected chi connectivity index (χ4v) is 2.40. The zero-order valence-electron chi connectivity index (χ0n) is 10.8. The lowest BCUT2D eigenvalue weighted by Gasteiger charge is -2.35. The average molecular weight is 257 g/mol. The third kappa shape index (κ3) is 4.60. The average Bonchev–Trinajstić information content (AvgIpc) is 2.28. The third-order valence-corrected chi connectivity index (χ3v) is 3.34. The summed E-state index contributed by atoms with van der Waals surface area (Å²) in [7, 11) is 0. The molecule has 1 saturated heterocycles. The predicted molar refractivity (Wildman–Crippen MR) is 73.9 cm³/mol. The first-order valence-electron chi connectivity index (χ1n) is 6.34. The van der Waals surface area contributed by atoms with E-state index in [9.17, 15) is 4.79 Å². The summed E-state index contributed by atoms with van der Waals surface area (Å²) in [5.41, 5.74) is 5.51. The lowest BCUT2D eigenvalue weighted by molar-refractivity contribution is -0.136. The molecule has 1 aliphatic heterocycles. The lowest BCUT2D eigenvalue weighted by Crippen LogP contribution is -2.51. The van der Waals surface area contributed by atoms with Gasteiger partial charge in [0.15, 0.2) is 0 Å². The summed E-state index contributed by atoms with van der Waals surface area (Å²) in [6.07, 6.45) is 2.04. The molecule has 0 aliphatic carbocycles. The van der Waals surface area contributed by atoms with Crippen molar-refractivity contribution < 1.29 is 4.79 Å². The van der Waals surface area contributed by atoms with Crippen LogP contribution in [-0.4, -0.2) is 53.4 Å². The molecule has 2 N–H and O–H groups in total. The van der Waals surface area contributed by atoms with Crippen LogP contribution in [0.1, 0.15) is 26.7 Å². The van der Waals surface area contributed by atoms with Gasteiger partial charge >= 0.3 is 0 Å². The summed E-state index contributed by atoms with van der Waals surface area (Å²) in [5.74, 6) is 0.448. The Labute approximate surface area is 109 Å². The van der Waals surface area contributed by atoms with E-state index >= 15 is 0 Å². The molecular weight excluding hydrogens is 234 g/mol. The first-order valence-corrected chi connectivity index (χ1v) is 6.74. The molecule has 1 rings (SSSR count). The molecule has 0 radical (unpaired) electrons. The van der Waals surface area contributed by atoms with E-state index < -0.39 is 0 Å². The molecule has 0 bridgehead atoms. The summed E-state index contributed by atoms with van der Waals surface area (Å²) in [6, 6.07) is 0. The van der Waals surface area contributed by atoms with Crippen molar-refractivity contribution >= 4 is 23.1 Å². The van der Waals surface area contributed by atoms with Crippen LogP contribution in [0.4, 0.5) is 0 Å². The summed E-state index contributed by atoms with van der Waals surface area (Å²) < 4.78 is 0. The minimum Gasteiger partial charge on any atom is -0.392 e. The monoisotopic (exact) mass is 257 g/mol. The van der Waals surface area contributed by atoms with E-state index in [4.69, 9.17) is 18.0 Å². The van der Waals surface area contributed by atoms with E-state index in [0.717, 1.165) is 39.0 Å². The summed E-state index contributed by atoms with van der Waals surface area (Å²) >= 11 is 4.89. The van der Waals surface area contributed by atoms with Gasteiger partial charge in [-0.3, -0.25) is 9.69 Å². The summed E-state index contributed by atoms with van der Waals surface area (Å²) in [6.45, 7) is 8.16. The second-order valence-corrected chi connectivity index (χ2v) is 5.28. The van der Waals surface area contributed by atoms with E-state index in [1.807, 2.05) is 11.8 Å². The molecule has 0 aromatic rings. The summed E-state index contributed by atoms with van der Waals surface area (Å²) in [5, 5.41) is 0. The minimum atomic E-state index is 0.155. The molecule has 5 heteroatoms. The Morgan fingerprint density at radius 2 is 1.94 bits per heavy atom. The highest BCUT2D eigenvalue weighted by molar-refractivity contribution is 7.80. The number of rotatable bonds is 5. The van der Waals surface area contributed by atoms with E-state index in [1.54, 1.807) is 0 Å². The number of piperazine rings is 1. The number of hydrogen-bond acceptors (Lipinski definition) is 3. The first-order chi connectivity index (χ1) is 8.04. The van der Waals surface area contributed by atoms with Gasteiger partial charge in [0.1, 0.15) is 0 Å². The van der Waals surface area contributed by atoms with Gasteiger partial charge in [0.2, 0.25) is 5.91 Å². The summed E-state index contributed by atoms with van der Waals surface area (Å²) in [4.78, 5) is 16.8. The van der Waals surface area contributed by atoms with Gasteiger partial charge in [-0.25, -0.2) is 0 Å². The first kappa shape index (κ1) is 14.4. The highest BCUT2D eigenvalue weighted by Gasteiger charge is 2.24. The number of nitrogens with zero attached hydrogens (tertiary/aromatic N) is 2. The fourth-order valence-electron chi connectivity index (χ4n) is 2.21. The fraction of sp³-hybridized carbons (Fsp3) is 0.833. The van der Waals surface area contributed by atoms with Gasteiger partial charge < -0.3 is 10.6 Å². The van der Waals surface area contributed by atoms with Crippen LogP contribution in [0.2, 0.25) is 0 Å². The zero-order valence-corrected chi connectivity index (χ0v) is 11.6. The molecule has 0 aromatic carbocycles.